The van der Waals surface area contributed by atoms with Crippen molar-refractivity contribution in [2.45, 2.75) is 19.9 Å². The second kappa shape index (κ2) is 5.54. The van der Waals surface area contributed by atoms with Crippen LogP contribution >= 0.6 is 0 Å². The van der Waals surface area contributed by atoms with Crippen LogP contribution in [-0.4, -0.2) is 12.0 Å². The Labute approximate surface area is 108 Å². The van der Waals surface area contributed by atoms with Gasteiger partial charge in [0.2, 0.25) is 0 Å². The van der Waals surface area contributed by atoms with E-state index in [1.807, 2.05) is 12.1 Å². The molecule has 0 aliphatic rings. The summed E-state index contributed by atoms with van der Waals surface area (Å²) in [5.41, 5.74) is 9.42. The Morgan fingerprint density at radius 2 is 1.83 bits per heavy atom. The summed E-state index contributed by atoms with van der Waals surface area (Å²) in [7, 11) is 2.08. The van der Waals surface area contributed by atoms with Gasteiger partial charge in [-0.3, -0.25) is 0 Å². The van der Waals surface area contributed by atoms with Gasteiger partial charge in [-0.2, -0.15) is 0 Å². The number of aryl methyl sites for hydroxylation is 1. The highest BCUT2D eigenvalue weighted by Gasteiger charge is 2.02. The Kier molecular flexibility index (Phi) is 3.82. The Morgan fingerprint density at radius 3 is 2.44 bits per heavy atom. The SMILES string of the molecule is CCc1ccc(N(C)Cc2ccnc(N)c2)cc1. The lowest BCUT2D eigenvalue weighted by molar-refractivity contribution is 0.919. The molecule has 0 bridgehead atoms. The largest absolute Gasteiger partial charge is 0.384 e. The molecular weight excluding hydrogens is 222 g/mol. The van der Waals surface area contributed by atoms with E-state index in [1.165, 1.54) is 16.8 Å². The summed E-state index contributed by atoms with van der Waals surface area (Å²) >= 11 is 0. The summed E-state index contributed by atoms with van der Waals surface area (Å²) in [4.78, 5) is 6.20. The molecule has 0 saturated carbocycles. The van der Waals surface area contributed by atoms with E-state index >= 15 is 0 Å². The molecule has 0 saturated heterocycles. The van der Waals surface area contributed by atoms with Crippen molar-refractivity contribution in [2.24, 2.45) is 0 Å². The number of nitrogens with two attached hydrogens (primary N) is 1. The van der Waals surface area contributed by atoms with Crippen LogP contribution in [0.1, 0.15) is 18.1 Å². The standard InChI is InChI=1S/C15H19N3/c1-3-12-4-6-14(7-5-12)18(2)11-13-8-9-17-15(16)10-13/h4-10H,3,11H2,1-2H3,(H2,16,17). The lowest BCUT2D eigenvalue weighted by atomic mass is 10.1. The topological polar surface area (TPSA) is 42.2 Å². The molecule has 2 rings (SSSR count). The fourth-order valence-corrected chi connectivity index (χ4v) is 1.94. The van der Waals surface area contributed by atoms with E-state index in [2.05, 4.69) is 48.1 Å². The van der Waals surface area contributed by atoms with E-state index in [-0.39, 0.29) is 0 Å². The lowest BCUT2D eigenvalue weighted by Gasteiger charge is -2.19. The highest BCUT2D eigenvalue weighted by atomic mass is 15.1. The number of anilines is 2. The van der Waals surface area contributed by atoms with Gasteiger partial charge in [-0.25, -0.2) is 4.98 Å². The smallest absolute Gasteiger partial charge is 0.123 e. The van der Waals surface area contributed by atoms with Crippen LogP contribution < -0.4 is 10.6 Å². The van der Waals surface area contributed by atoms with Gasteiger partial charge in [0.15, 0.2) is 0 Å². The Bertz CT molecular complexity index is 505. The van der Waals surface area contributed by atoms with Crippen molar-refractivity contribution in [3.05, 3.63) is 53.7 Å². The third-order valence-electron chi connectivity index (χ3n) is 3.05. The van der Waals surface area contributed by atoms with Crippen LogP contribution in [0.3, 0.4) is 0 Å². The van der Waals surface area contributed by atoms with Crippen LogP contribution in [0.25, 0.3) is 0 Å². The van der Waals surface area contributed by atoms with E-state index in [0.717, 1.165) is 13.0 Å². The minimum absolute atomic E-state index is 0.572. The van der Waals surface area contributed by atoms with E-state index in [4.69, 9.17) is 5.73 Å². The maximum Gasteiger partial charge on any atom is 0.123 e. The van der Waals surface area contributed by atoms with E-state index in [1.54, 1.807) is 6.20 Å². The number of aromatic nitrogens is 1. The van der Waals surface area contributed by atoms with Gasteiger partial charge in [0, 0.05) is 25.5 Å². The quantitative estimate of drug-likeness (QED) is 0.895. The van der Waals surface area contributed by atoms with Gasteiger partial charge >= 0.3 is 0 Å². The van der Waals surface area contributed by atoms with Gasteiger partial charge in [-0.05, 0) is 41.8 Å². The van der Waals surface area contributed by atoms with Crippen LogP contribution in [0.2, 0.25) is 0 Å². The molecule has 2 aromatic rings. The van der Waals surface area contributed by atoms with Crippen molar-refractivity contribution in [3.63, 3.8) is 0 Å². The molecule has 18 heavy (non-hydrogen) atoms. The van der Waals surface area contributed by atoms with Gasteiger partial charge in [-0.1, -0.05) is 19.1 Å². The third-order valence-corrected chi connectivity index (χ3v) is 3.05. The predicted molar refractivity (Wildman–Crippen MR) is 76.6 cm³/mol. The first-order valence-electron chi connectivity index (χ1n) is 6.19. The lowest BCUT2D eigenvalue weighted by Crippen LogP contribution is -2.16. The van der Waals surface area contributed by atoms with Crippen molar-refractivity contribution >= 4 is 11.5 Å². The predicted octanol–water partition coefficient (Wildman–Crippen LogP) is 2.86. The fourth-order valence-electron chi connectivity index (χ4n) is 1.94. The zero-order valence-electron chi connectivity index (χ0n) is 10.9. The first kappa shape index (κ1) is 12.4. The molecule has 0 atom stereocenters. The van der Waals surface area contributed by atoms with Crippen molar-refractivity contribution in [3.8, 4) is 0 Å². The number of benzene rings is 1. The highest BCUT2D eigenvalue weighted by Crippen LogP contribution is 2.17. The zero-order valence-corrected chi connectivity index (χ0v) is 10.9. The normalized spacial score (nSPS) is 10.3. The van der Waals surface area contributed by atoms with Crippen molar-refractivity contribution < 1.29 is 0 Å². The molecule has 1 aromatic carbocycles. The highest BCUT2D eigenvalue weighted by molar-refractivity contribution is 5.48. The van der Waals surface area contributed by atoms with E-state index in [9.17, 15) is 0 Å². The van der Waals surface area contributed by atoms with Gasteiger partial charge in [0.05, 0.1) is 0 Å². The molecule has 94 valence electrons. The van der Waals surface area contributed by atoms with Gasteiger partial charge in [0.1, 0.15) is 5.82 Å². The molecule has 0 fully saturated rings. The number of hydrogen-bond acceptors (Lipinski definition) is 3. The Morgan fingerprint density at radius 1 is 1.11 bits per heavy atom. The van der Waals surface area contributed by atoms with Crippen molar-refractivity contribution in [2.75, 3.05) is 17.7 Å². The maximum absolute atomic E-state index is 5.68. The molecular formula is C15H19N3. The summed E-state index contributed by atoms with van der Waals surface area (Å²) in [6, 6.07) is 12.6. The first-order chi connectivity index (χ1) is 8.69. The van der Waals surface area contributed by atoms with Crippen LogP contribution in [0.15, 0.2) is 42.6 Å². The molecule has 0 radical (unpaired) electrons. The zero-order chi connectivity index (χ0) is 13.0. The summed E-state index contributed by atoms with van der Waals surface area (Å²) in [5, 5.41) is 0. The Hall–Kier alpha value is -2.03. The molecule has 1 aromatic heterocycles. The first-order valence-corrected chi connectivity index (χ1v) is 6.19. The second-order valence-corrected chi connectivity index (χ2v) is 4.47. The average molecular weight is 241 g/mol. The molecule has 0 spiro atoms. The summed E-state index contributed by atoms with van der Waals surface area (Å²) in [6.45, 7) is 3.00. The van der Waals surface area contributed by atoms with Gasteiger partial charge in [0.25, 0.3) is 0 Å². The van der Waals surface area contributed by atoms with Crippen LogP contribution in [0.4, 0.5) is 11.5 Å². The van der Waals surface area contributed by atoms with E-state index in [0.29, 0.717) is 5.82 Å². The molecule has 0 amide bonds. The number of pyridine rings is 1. The molecule has 0 aliphatic carbocycles. The molecule has 3 heteroatoms. The second-order valence-electron chi connectivity index (χ2n) is 4.47. The monoisotopic (exact) mass is 241 g/mol. The summed E-state index contributed by atoms with van der Waals surface area (Å²) < 4.78 is 0. The molecule has 2 N–H and O–H groups in total. The number of rotatable bonds is 4. The van der Waals surface area contributed by atoms with Crippen LogP contribution in [0.5, 0.6) is 0 Å². The summed E-state index contributed by atoms with van der Waals surface area (Å²) in [5.74, 6) is 0.572. The number of hydrogen-bond donors (Lipinski definition) is 1. The minimum atomic E-state index is 0.572. The van der Waals surface area contributed by atoms with Gasteiger partial charge < -0.3 is 10.6 Å². The molecule has 1 heterocycles. The van der Waals surface area contributed by atoms with E-state index < -0.39 is 0 Å². The summed E-state index contributed by atoms with van der Waals surface area (Å²) in [6.07, 6.45) is 2.82. The molecule has 0 aliphatic heterocycles. The molecule has 3 nitrogen and oxygen atoms in total. The van der Waals surface area contributed by atoms with Crippen LogP contribution in [-0.2, 0) is 13.0 Å². The fraction of sp³-hybridized carbons (Fsp3) is 0.267. The maximum atomic E-state index is 5.68. The van der Waals surface area contributed by atoms with Crippen molar-refractivity contribution in [1.29, 1.82) is 0 Å². The van der Waals surface area contributed by atoms with Crippen molar-refractivity contribution in [1.82, 2.24) is 4.98 Å². The minimum Gasteiger partial charge on any atom is -0.384 e. The molecule has 0 unspecified atom stereocenters. The number of nitrogen functional groups attached to an aromatic ring is 1. The number of nitrogens with zero attached hydrogens (tertiary/aromatic N) is 2. The third kappa shape index (κ3) is 3.00. The Balaban J connectivity index is 2.09. The van der Waals surface area contributed by atoms with Gasteiger partial charge in [-0.15, -0.1) is 0 Å². The average Bonchev–Trinajstić information content (AvgIpc) is 2.39. The van der Waals surface area contributed by atoms with Crippen LogP contribution in [0, 0.1) is 0 Å².